The van der Waals surface area contributed by atoms with Gasteiger partial charge in [0.25, 0.3) is 10.0 Å². The lowest BCUT2D eigenvalue weighted by atomic mass is 10.2. The SMILES string of the molecule is O=S(=O)(NN(c1ncc(F)s1)C(F)CCC(Cl)NC[C@@H]1C[C@@H](O)CN1)c1ccccc1. The van der Waals surface area contributed by atoms with Gasteiger partial charge in [-0.1, -0.05) is 29.5 Å². The Labute approximate surface area is 188 Å². The molecule has 2 unspecified atom stereocenters. The Balaban J connectivity index is 1.61. The fourth-order valence-electron chi connectivity index (χ4n) is 3.09. The van der Waals surface area contributed by atoms with Crippen molar-refractivity contribution in [3.63, 3.8) is 0 Å². The summed E-state index contributed by atoms with van der Waals surface area (Å²) in [7, 11) is -4.11. The summed E-state index contributed by atoms with van der Waals surface area (Å²) in [5.74, 6) is 0. The van der Waals surface area contributed by atoms with Gasteiger partial charge in [-0.25, -0.2) is 22.8 Å². The van der Waals surface area contributed by atoms with Crippen LogP contribution in [0, 0.1) is 5.13 Å². The quantitative estimate of drug-likeness (QED) is 0.214. The second-order valence-corrected chi connectivity index (χ2v) is 10.3. The highest BCUT2D eigenvalue weighted by Gasteiger charge is 2.28. The summed E-state index contributed by atoms with van der Waals surface area (Å²) in [6.07, 6.45) is -0.687. The van der Waals surface area contributed by atoms with Crippen molar-refractivity contribution in [3.8, 4) is 0 Å². The molecule has 0 bridgehead atoms. The van der Waals surface area contributed by atoms with Crippen molar-refractivity contribution in [1.29, 1.82) is 0 Å². The lowest BCUT2D eigenvalue weighted by Gasteiger charge is -2.26. The minimum Gasteiger partial charge on any atom is -0.392 e. The number of nitrogens with zero attached hydrogens (tertiary/aromatic N) is 2. The number of aliphatic hydroxyl groups is 1. The molecule has 4 atom stereocenters. The first-order valence-electron chi connectivity index (χ1n) is 9.65. The van der Waals surface area contributed by atoms with Crippen LogP contribution in [0.2, 0.25) is 0 Å². The van der Waals surface area contributed by atoms with Gasteiger partial charge in [-0.15, -0.1) is 16.4 Å². The van der Waals surface area contributed by atoms with Crippen LogP contribution in [0.1, 0.15) is 19.3 Å². The highest BCUT2D eigenvalue weighted by atomic mass is 35.5. The molecule has 172 valence electrons. The van der Waals surface area contributed by atoms with E-state index in [4.69, 9.17) is 11.6 Å². The molecule has 1 aliphatic heterocycles. The maximum atomic E-state index is 15.1. The van der Waals surface area contributed by atoms with Gasteiger partial charge in [0.1, 0.15) is 0 Å². The van der Waals surface area contributed by atoms with Crippen molar-refractivity contribution < 1.29 is 22.3 Å². The van der Waals surface area contributed by atoms with Crippen LogP contribution in [-0.2, 0) is 10.0 Å². The molecule has 0 radical (unpaired) electrons. The molecule has 3 rings (SSSR count). The summed E-state index contributed by atoms with van der Waals surface area (Å²) < 4.78 is 53.8. The minimum atomic E-state index is -4.11. The van der Waals surface area contributed by atoms with Gasteiger partial charge in [-0.3, -0.25) is 5.32 Å². The molecule has 2 heterocycles. The average Bonchev–Trinajstić information content (AvgIpc) is 3.37. The molecule has 1 aromatic carbocycles. The molecule has 13 heteroatoms. The van der Waals surface area contributed by atoms with Crippen LogP contribution in [0.5, 0.6) is 0 Å². The molecule has 8 nitrogen and oxygen atoms in total. The second kappa shape index (κ2) is 10.9. The number of alkyl halides is 2. The van der Waals surface area contributed by atoms with Crippen molar-refractivity contribution in [3.05, 3.63) is 41.7 Å². The van der Waals surface area contributed by atoms with Crippen LogP contribution in [0.3, 0.4) is 0 Å². The molecule has 1 saturated heterocycles. The number of nitrogens with one attached hydrogen (secondary N) is 3. The van der Waals surface area contributed by atoms with E-state index in [0.717, 1.165) is 6.20 Å². The number of hydrogen-bond donors (Lipinski definition) is 4. The van der Waals surface area contributed by atoms with Gasteiger partial charge >= 0.3 is 0 Å². The Hall–Kier alpha value is -1.41. The molecule has 0 saturated carbocycles. The number of rotatable bonds is 11. The Bertz CT molecular complexity index is 937. The Morgan fingerprint density at radius 1 is 1.35 bits per heavy atom. The first kappa shape index (κ1) is 24.2. The normalized spacial score (nSPS) is 21.2. The number of anilines is 1. The molecule has 0 spiro atoms. The Morgan fingerprint density at radius 3 is 2.71 bits per heavy atom. The van der Waals surface area contributed by atoms with Crippen LogP contribution >= 0.6 is 22.9 Å². The van der Waals surface area contributed by atoms with Crippen molar-refractivity contribution in [2.45, 2.75) is 48.1 Å². The van der Waals surface area contributed by atoms with Crippen LogP contribution in [-0.4, -0.2) is 55.5 Å². The fraction of sp³-hybridized carbons (Fsp3) is 0.500. The van der Waals surface area contributed by atoms with Gasteiger partial charge < -0.3 is 10.4 Å². The summed E-state index contributed by atoms with van der Waals surface area (Å²) in [5, 5.41) is 15.6. The number of hydrogen-bond acceptors (Lipinski definition) is 8. The molecular weight excluding hydrogens is 472 g/mol. The van der Waals surface area contributed by atoms with E-state index in [-0.39, 0.29) is 35.0 Å². The summed E-state index contributed by atoms with van der Waals surface area (Å²) in [6, 6.07) is 7.53. The third kappa shape index (κ3) is 7.04. The van der Waals surface area contributed by atoms with Crippen LogP contribution in [0.15, 0.2) is 41.4 Å². The van der Waals surface area contributed by atoms with Gasteiger partial charge in [0.15, 0.2) is 11.4 Å². The molecular formula is C18H24ClF2N5O3S2. The topological polar surface area (TPSA) is 107 Å². The van der Waals surface area contributed by atoms with Gasteiger partial charge in [0, 0.05) is 25.6 Å². The van der Waals surface area contributed by atoms with Gasteiger partial charge in [0.05, 0.1) is 22.7 Å². The molecule has 4 N–H and O–H groups in total. The van der Waals surface area contributed by atoms with Crippen molar-refractivity contribution in [2.75, 3.05) is 18.1 Å². The van der Waals surface area contributed by atoms with E-state index < -0.39 is 27.0 Å². The standard InChI is InChI=1S/C18H24ClF2N5O3S2/c19-15(23-9-12-8-13(27)10-22-12)6-7-16(20)26(18-24-11-17(21)30-18)25-31(28,29)14-4-2-1-3-5-14/h1-5,11-13,15-16,22-23,25,27H,6-10H2/t12-,13+,15?,16?/m0/s1. The molecule has 1 fully saturated rings. The summed E-state index contributed by atoms with van der Waals surface area (Å²) in [6.45, 7) is 1.02. The van der Waals surface area contributed by atoms with E-state index >= 15 is 4.39 Å². The third-order valence-corrected chi connectivity index (χ3v) is 7.15. The van der Waals surface area contributed by atoms with E-state index in [2.05, 4.69) is 20.4 Å². The monoisotopic (exact) mass is 495 g/mol. The largest absolute Gasteiger partial charge is 0.392 e. The maximum absolute atomic E-state index is 15.1. The summed E-state index contributed by atoms with van der Waals surface area (Å²) >= 11 is 6.75. The molecule has 2 aromatic rings. The maximum Gasteiger partial charge on any atom is 0.257 e. The molecule has 0 aliphatic carbocycles. The van der Waals surface area contributed by atoms with Crippen molar-refractivity contribution >= 4 is 38.1 Å². The van der Waals surface area contributed by atoms with Crippen molar-refractivity contribution in [2.24, 2.45) is 0 Å². The zero-order chi connectivity index (χ0) is 22.4. The molecule has 1 aliphatic rings. The smallest absolute Gasteiger partial charge is 0.257 e. The summed E-state index contributed by atoms with van der Waals surface area (Å²) in [5.41, 5.74) is -0.571. The Morgan fingerprint density at radius 2 is 2.10 bits per heavy atom. The zero-order valence-corrected chi connectivity index (χ0v) is 18.8. The highest BCUT2D eigenvalue weighted by molar-refractivity contribution is 7.89. The zero-order valence-electron chi connectivity index (χ0n) is 16.4. The number of halogens is 3. The van der Waals surface area contributed by atoms with Gasteiger partial charge in [-0.2, -0.15) is 4.39 Å². The number of hydrazine groups is 1. The van der Waals surface area contributed by atoms with Crippen LogP contribution in [0.4, 0.5) is 13.9 Å². The second-order valence-electron chi connectivity index (χ2n) is 7.11. The number of aliphatic hydroxyl groups excluding tert-OH is 1. The van der Waals surface area contributed by atoms with E-state index in [1.807, 2.05) is 0 Å². The van der Waals surface area contributed by atoms with Crippen LogP contribution < -0.4 is 20.5 Å². The first-order chi connectivity index (χ1) is 14.7. The third-order valence-electron chi connectivity index (χ3n) is 4.67. The number of sulfonamides is 1. The molecule has 31 heavy (non-hydrogen) atoms. The van der Waals surface area contributed by atoms with E-state index in [1.54, 1.807) is 6.07 Å². The Kier molecular flexibility index (Phi) is 8.56. The number of β-amino-alcohol motifs (C(OH)–C–C–N with tert-alkyl or cyclic N) is 1. The van der Waals surface area contributed by atoms with E-state index in [9.17, 15) is 17.9 Å². The average molecular weight is 496 g/mol. The van der Waals surface area contributed by atoms with Gasteiger partial charge in [-0.05, 0) is 25.0 Å². The predicted molar refractivity (Wildman–Crippen MR) is 116 cm³/mol. The fourth-order valence-corrected chi connectivity index (χ4v) is 5.09. The number of aromatic nitrogens is 1. The predicted octanol–water partition coefficient (Wildman–Crippen LogP) is 1.94. The lowest BCUT2D eigenvalue weighted by Crippen LogP contribution is -2.47. The lowest BCUT2D eigenvalue weighted by molar-refractivity contribution is 0.193. The highest BCUT2D eigenvalue weighted by Crippen LogP contribution is 2.25. The van der Waals surface area contributed by atoms with E-state index in [0.29, 0.717) is 35.9 Å². The number of benzene rings is 1. The molecule has 1 aromatic heterocycles. The van der Waals surface area contributed by atoms with E-state index in [1.165, 1.54) is 24.3 Å². The van der Waals surface area contributed by atoms with Crippen LogP contribution in [0.25, 0.3) is 0 Å². The van der Waals surface area contributed by atoms with Gasteiger partial charge in [0.2, 0.25) is 5.13 Å². The first-order valence-corrected chi connectivity index (χ1v) is 12.4. The summed E-state index contributed by atoms with van der Waals surface area (Å²) in [4.78, 5) is 5.85. The van der Waals surface area contributed by atoms with Crippen molar-refractivity contribution in [1.82, 2.24) is 20.4 Å². The number of thiazole rings is 1. The minimum absolute atomic E-state index is 0.0626. The molecule has 0 amide bonds.